The molecule has 5 nitrogen and oxygen atoms in total. The second kappa shape index (κ2) is 7.21. The Morgan fingerprint density at radius 2 is 2.20 bits per heavy atom. The molecule has 0 radical (unpaired) electrons. The van der Waals surface area contributed by atoms with Gasteiger partial charge >= 0.3 is 0 Å². The first kappa shape index (κ1) is 17.4. The summed E-state index contributed by atoms with van der Waals surface area (Å²) in [5, 5.41) is 6.83. The van der Waals surface area contributed by atoms with Gasteiger partial charge in [-0.05, 0) is 37.8 Å². The summed E-state index contributed by atoms with van der Waals surface area (Å²) in [6.07, 6.45) is 1.51. The molecule has 1 amide bonds. The Balaban J connectivity index is 1.57. The zero-order valence-corrected chi connectivity index (χ0v) is 14.3. The van der Waals surface area contributed by atoms with Crippen molar-refractivity contribution in [3.05, 3.63) is 46.9 Å². The number of carbonyl (C=O) groups excluding carboxylic acids is 1. The zero-order valence-electron chi connectivity index (χ0n) is 14.3. The molecular formula is C18H21F2N3O2. The zero-order chi connectivity index (χ0) is 18.0. The van der Waals surface area contributed by atoms with Gasteiger partial charge in [-0.2, -0.15) is 0 Å². The van der Waals surface area contributed by atoms with Crippen LogP contribution in [0.15, 0.2) is 22.7 Å². The van der Waals surface area contributed by atoms with Gasteiger partial charge in [0.25, 0.3) is 5.91 Å². The molecule has 1 aromatic carbocycles. The van der Waals surface area contributed by atoms with Crippen LogP contribution in [0.4, 0.5) is 14.5 Å². The first-order valence-electron chi connectivity index (χ1n) is 8.43. The van der Waals surface area contributed by atoms with Gasteiger partial charge in [0.05, 0.1) is 5.69 Å². The number of halogens is 2. The smallest absolute Gasteiger partial charge is 0.256 e. The SMILES string of the molecule is CCc1noc(C)c1C(=O)NCC1CCN(c2ccc(F)c(F)c2)C1. The molecular weight excluding hydrogens is 328 g/mol. The number of nitrogens with zero attached hydrogens (tertiary/aromatic N) is 2. The topological polar surface area (TPSA) is 58.4 Å². The van der Waals surface area contributed by atoms with E-state index in [9.17, 15) is 13.6 Å². The van der Waals surface area contributed by atoms with Crippen molar-refractivity contribution in [3.8, 4) is 0 Å². The second-order valence-corrected chi connectivity index (χ2v) is 6.32. The van der Waals surface area contributed by atoms with Crippen LogP contribution >= 0.6 is 0 Å². The van der Waals surface area contributed by atoms with Crippen LogP contribution in [0.5, 0.6) is 0 Å². The van der Waals surface area contributed by atoms with E-state index in [-0.39, 0.29) is 11.8 Å². The van der Waals surface area contributed by atoms with Crippen molar-refractivity contribution >= 4 is 11.6 Å². The highest BCUT2D eigenvalue weighted by atomic mass is 19.2. The van der Waals surface area contributed by atoms with Crippen molar-refractivity contribution in [1.82, 2.24) is 10.5 Å². The van der Waals surface area contributed by atoms with Crippen molar-refractivity contribution in [3.63, 3.8) is 0 Å². The molecule has 1 saturated heterocycles. The van der Waals surface area contributed by atoms with Gasteiger partial charge in [0.15, 0.2) is 11.6 Å². The molecule has 1 aliphatic heterocycles. The molecule has 1 unspecified atom stereocenters. The van der Waals surface area contributed by atoms with Crippen molar-refractivity contribution in [2.75, 3.05) is 24.5 Å². The quantitative estimate of drug-likeness (QED) is 0.901. The number of benzene rings is 1. The lowest BCUT2D eigenvalue weighted by Gasteiger charge is -2.19. The van der Waals surface area contributed by atoms with Gasteiger partial charge in [-0.3, -0.25) is 4.79 Å². The van der Waals surface area contributed by atoms with Gasteiger partial charge < -0.3 is 14.7 Å². The van der Waals surface area contributed by atoms with Crippen LogP contribution in [0.25, 0.3) is 0 Å². The van der Waals surface area contributed by atoms with Crippen molar-refractivity contribution in [1.29, 1.82) is 0 Å². The third-order valence-corrected chi connectivity index (χ3v) is 4.60. The first-order valence-corrected chi connectivity index (χ1v) is 8.43. The van der Waals surface area contributed by atoms with E-state index in [2.05, 4.69) is 10.5 Å². The number of nitrogens with one attached hydrogen (secondary N) is 1. The van der Waals surface area contributed by atoms with E-state index in [4.69, 9.17) is 4.52 Å². The summed E-state index contributed by atoms with van der Waals surface area (Å²) in [4.78, 5) is 14.4. The molecule has 25 heavy (non-hydrogen) atoms. The lowest BCUT2D eigenvalue weighted by molar-refractivity contribution is 0.0946. The van der Waals surface area contributed by atoms with Crippen molar-refractivity contribution in [2.24, 2.45) is 5.92 Å². The number of carbonyl (C=O) groups is 1. The van der Waals surface area contributed by atoms with Crippen LogP contribution in [-0.2, 0) is 6.42 Å². The normalized spacial score (nSPS) is 17.1. The minimum atomic E-state index is -0.845. The van der Waals surface area contributed by atoms with Crippen LogP contribution in [0.1, 0.15) is 35.2 Å². The number of hydrogen-bond acceptors (Lipinski definition) is 4. The van der Waals surface area contributed by atoms with Crippen LogP contribution in [0.2, 0.25) is 0 Å². The monoisotopic (exact) mass is 349 g/mol. The molecule has 0 aliphatic carbocycles. The Morgan fingerprint density at radius 1 is 1.40 bits per heavy atom. The van der Waals surface area contributed by atoms with Gasteiger partial charge in [-0.25, -0.2) is 8.78 Å². The maximum absolute atomic E-state index is 13.4. The summed E-state index contributed by atoms with van der Waals surface area (Å²) < 4.78 is 31.5. The number of aromatic nitrogens is 1. The highest BCUT2D eigenvalue weighted by Crippen LogP contribution is 2.25. The number of hydrogen-bond donors (Lipinski definition) is 1. The number of aryl methyl sites for hydroxylation is 2. The van der Waals surface area contributed by atoms with Crippen LogP contribution in [0, 0.1) is 24.5 Å². The molecule has 7 heteroatoms. The molecule has 134 valence electrons. The van der Waals surface area contributed by atoms with E-state index >= 15 is 0 Å². The summed E-state index contributed by atoms with van der Waals surface area (Å²) in [5.41, 5.74) is 1.83. The predicted molar refractivity (Wildman–Crippen MR) is 89.6 cm³/mol. The third-order valence-electron chi connectivity index (χ3n) is 4.60. The van der Waals surface area contributed by atoms with Gasteiger partial charge in [-0.1, -0.05) is 12.1 Å². The molecule has 0 spiro atoms. The van der Waals surface area contributed by atoms with Crippen LogP contribution < -0.4 is 10.2 Å². The molecule has 2 aromatic rings. The lowest BCUT2D eigenvalue weighted by Crippen LogP contribution is -2.31. The summed E-state index contributed by atoms with van der Waals surface area (Å²) in [6.45, 7) is 5.60. The molecule has 1 fully saturated rings. The molecule has 1 aromatic heterocycles. The molecule has 1 N–H and O–H groups in total. The molecule has 1 atom stereocenters. The Labute approximate surface area is 145 Å². The Morgan fingerprint density at radius 3 is 2.92 bits per heavy atom. The summed E-state index contributed by atoms with van der Waals surface area (Å²) in [7, 11) is 0. The first-order chi connectivity index (χ1) is 12.0. The van der Waals surface area contributed by atoms with E-state index in [1.807, 2.05) is 11.8 Å². The van der Waals surface area contributed by atoms with Crippen molar-refractivity contribution < 1.29 is 18.1 Å². The van der Waals surface area contributed by atoms with E-state index < -0.39 is 11.6 Å². The molecule has 1 aliphatic rings. The third kappa shape index (κ3) is 3.65. The fraction of sp³-hybridized carbons (Fsp3) is 0.444. The number of amides is 1. The van der Waals surface area contributed by atoms with Gasteiger partial charge in [-0.15, -0.1) is 0 Å². The molecule has 2 heterocycles. The van der Waals surface area contributed by atoms with E-state index in [1.54, 1.807) is 13.0 Å². The Kier molecular flexibility index (Phi) is 5.01. The number of rotatable bonds is 5. The largest absolute Gasteiger partial charge is 0.371 e. The van der Waals surface area contributed by atoms with Gasteiger partial charge in [0.2, 0.25) is 0 Å². The van der Waals surface area contributed by atoms with E-state index in [1.165, 1.54) is 6.07 Å². The molecule has 0 bridgehead atoms. The minimum absolute atomic E-state index is 0.179. The minimum Gasteiger partial charge on any atom is -0.371 e. The Hall–Kier alpha value is -2.44. The maximum Gasteiger partial charge on any atom is 0.256 e. The highest BCUT2D eigenvalue weighted by molar-refractivity contribution is 5.96. The fourth-order valence-corrected chi connectivity index (χ4v) is 3.19. The fourth-order valence-electron chi connectivity index (χ4n) is 3.19. The molecule has 3 rings (SSSR count). The predicted octanol–water partition coefficient (Wildman–Crippen LogP) is 3.08. The summed E-state index contributed by atoms with van der Waals surface area (Å²) in [6, 6.07) is 3.93. The summed E-state index contributed by atoms with van der Waals surface area (Å²) in [5.74, 6) is -1.10. The van der Waals surface area contributed by atoms with Gasteiger partial charge in [0.1, 0.15) is 11.3 Å². The van der Waals surface area contributed by atoms with Crippen LogP contribution in [-0.4, -0.2) is 30.7 Å². The van der Waals surface area contributed by atoms with E-state index in [0.717, 1.165) is 19.0 Å². The maximum atomic E-state index is 13.4. The molecule has 0 saturated carbocycles. The van der Waals surface area contributed by atoms with E-state index in [0.29, 0.717) is 42.2 Å². The highest BCUT2D eigenvalue weighted by Gasteiger charge is 2.25. The average Bonchev–Trinajstić information content (AvgIpc) is 3.21. The number of anilines is 1. The standard InChI is InChI=1S/C18H21F2N3O2/c1-3-16-17(11(2)25-22-16)18(24)21-9-12-6-7-23(10-12)13-4-5-14(19)15(20)8-13/h4-5,8,12H,3,6-7,9-10H2,1-2H3,(H,21,24). The Bertz CT molecular complexity index is 776. The van der Waals surface area contributed by atoms with Gasteiger partial charge in [0, 0.05) is 31.4 Å². The van der Waals surface area contributed by atoms with Crippen molar-refractivity contribution in [2.45, 2.75) is 26.7 Å². The second-order valence-electron chi connectivity index (χ2n) is 6.32. The lowest BCUT2D eigenvalue weighted by atomic mass is 10.1. The average molecular weight is 349 g/mol. The van der Waals surface area contributed by atoms with Crippen LogP contribution in [0.3, 0.4) is 0 Å². The summed E-state index contributed by atoms with van der Waals surface area (Å²) >= 11 is 0.